The molecular formula is C26H31ClN2O2. The lowest BCUT2D eigenvalue weighted by atomic mass is 9.71. The third-order valence-corrected chi connectivity index (χ3v) is 6.98. The predicted octanol–water partition coefficient (Wildman–Crippen LogP) is 5.87. The van der Waals surface area contributed by atoms with Crippen LogP contribution in [0.4, 0.5) is 5.69 Å². The Labute approximate surface area is 189 Å². The molecule has 1 heterocycles. The number of rotatable bonds is 5. The van der Waals surface area contributed by atoms with E-state index in [0.29, 0.717) is 5.56 Å². The number of halogens is 1. The summed E-state index contributed by atoms with van der Waals surface area (Å²) >= 11 is 6.59. The first-order valence-corrected chi connectivity index (χ1v) is 11.5. The molecule has 1 unspecified atom stereocenters. The van der Waals surface area contributed by atoms with Crippen LogP contribution in [0.3, 0.4) is 0 Å². The number of hydrogen-bond donors (Lipinski definition) is 2. The van der Waals surface area contributed by atoms with E-state index >= 15 is 0 Å². The molecule has 5 heteroatoms. The lowest BCUT2D eigenvalue weighted by molar-refractivity contribution is 0.0697. The van der Waals surface area contributed by atoms with E-state index in [1.807, 2.05) is 24.3 Å². The zero-order valence-electron chi connectivity index (χ0n) is 18.3. The monoisotopic (exact) mass is 438 g/mol. The zero-order valence-corrected chi connectivity index (χ0v) is 19.1. The molecule has 31 heavy (non-hydrogen) atoms. The van der Waals surface area contributed by atoms with E-state index in [1.54, 1.807) is 12.1 Å². The van der Waals surface area contributed by atoms with Crippen molar-refractivity contribution >= 4 is 28.8 Å². The van der Waals surface area contributed by atoms with Crippen molar-refractivity contribution in [1.29, 1.82) is 0 Å². The van der Waals surface area contributed by atoms with Crippen LogP contribution in [0.2, 0.25) is 5.02 Å². The Morgan fingerprint density at radius 2 is 1.94 bits per heavy atom. The summed E-state index contributed by atoms with van der Waals surface area (Å²) in [5.74, 6) is -0.873. The molecule has 0 saturated carbocycles. The topological polar surface area (TPSA) is 52.6 Å². The minimum atomic E-state index is -0.873. The number of para-hydroxylation sites is 1. The number of anilines is 1. The Morgan fingerprint density at radius 3 is 2.71 bits per heavy atom. The summed E-state index contributed by atoms with van der Waals surface area (Å²) in [6.07, 6.45) is 4.12. The quantitative estimate of drug-likeness (QED) is 0.612. The SMILES string of the molecule is CC1(C)CCC(c2ccccc2Cl)=C(CC2CNCCN2c2ccccc2C(=O)O)C1. The molecular weight excluding hydrogens is 408 g/mol. The first-order chi connectivity index (χ1) is 14.9. The first-order valence-electron chi connectivity index (χ1n) is 11.1. The molecule has 2 aliphatic rings. The number of nitrogens with zero attached hydrogens (tertiary/aromatic N) is 1. The van der Waals surface area contributed by atoms with Gasteiger partial charge in [-0.2, -0.15) is 0 Å². The number of allylic oxidation sites excluding steroid dienone is 1. The van der Waals surface area contributed by atoms with Gasteiger partial charge < -0.3 is 15.3 Å². The molecule has 1 aliphatic heterocycles. The number of carbonyl (C=O) groups is 1. The van der Waals surface area contributed by atoms with Crippen molar-refractivity contribution in [3.05, 3.63) is 70.3 Å². The van der Waals surface area contributed by atoms with Gasteiger partial charge in [0.15, 0.2) is 0 Å². The summed E-state index contributed by atoms with van der Waals surface area (Å²) < 4.78 is 0. The van der Waals surface area contributed by atoms with Crippen LogP contribution in [-0.4, -0.2) is 36.8 Å². The highest BCUT2D eigenvalue weighted by Gasteiger charge is 2.32. The average Bonchev–Trinajstić information content (AvgIpc) is 2.74. The van der Waals surface area contributed by atoms with Crippen LogP contribution in [0.5, 0.6) is 0 Å². The molecule has 0 amide bonds. The standard InChI is InChI=1S/C26H31ClN2O2/c1-26(2)12-11-20(21-7-3-5-9-23(21)27)18(16-26)15-19-17-28-13-14-29(19)24-10-6-4-8-22(24)25(30)31/h3-10,19,28H,11-17H2,1-2H3,(H,30,31). The highest BCUT2D eigenvalue weighted by Crippen LogP contribution is 2.45. The molecule has 0 spiro atoms. The molecule has 0 bridgehead atoms. The Bertz CT molecular complexity index is 998. The van der Waals surface area contributed by atoms with Crippen LogP contribution in [0.25, 0.3) is 5.57 Å². The van der Waals surface area contributed by atoms with E-state index in [9.17, 15) is 9.90 Å². The van der Waals surface area contributed by atoms with Gasteiger partial charge in [0.05, 0.1) is 11.3 Å². The maximum Gasteiger partial charge on any atom is 0.337 e. The van der Waals surface area contributed by atoms with Crippen molar-refractivity contribution in [2.75, 3.05) is 24.5 Å². The van der Waals surface area contributed by atoms with Gasteiger partial charge in [-0.25, -0.2) is 4.79 Å². The van der Waals surface area contributed by atoms with Gasteiger partial charge in [-0.1, -0.05) is 61.4 Å². The molecule has 1 atom stereocenters. The van der Waals surface area contributed by atoms with E-state index in [1.165, 1.54) is 11.1 Å². The van der Waals surface area contributed by atoms with Crippen molar-refractivity contribution in [2.45, 2.75) is 45.6 Å². The van der Waals surface area contributed by atoms with Crippen LogP contribution in [0.15, 0.2) is 54.1 Å². The fraction of sp³-hybridized carbons (Fsp3) is 0.423. The van der Waals surface area contributed by atoms with Gasteiger partial charge in [0, 0.05) is 30.7 Å². The second-order valence-corrected chi connectivity index (χ2v) is 9.89. The lowest BCUT2D eigenvalue weighted by Gasteiger charge is -2.41. The van der Waals surface area contributed by atoms with Crippen LogP contribution < -0.4 is 10.2 Å². The van der Waals surface area contributed by atoms with Gasteiger partial charge in [-0.3, -0.25) is 0 Å². The van der Waals surface area contributed by atoms with Crippen LogP contribution in [0, 0.1) is 5.41 Å². The van der Waals surface area contributed by atoms with Gasteiger partial charge in [0.1, 0.15) is 0 Å². The fourth-order valence-electron chi connectivity index (χ4n) is 5.09. The molecule has 164 valence electrons. The molecule has 0 aromatic heterocycles. The van der Waals surface area contributed by atoms with E-state index in [0.717, 1.165) is 61.6 Å². The molecule has 0 radical (unpaired) electrons. The zero-order chi connectivity index (χ0) is 22.0. The minimum absolute atomic E-state index is 0.204. The van der Waals surface area contributed by atoms with E-state index in [-0.39, 0.29) is 11.5 Å². The normalized spacial score (nSPS) is 21.3. The van der Waals surface area contributed by atoms with Crippen LogP contribution in [0.1, 0.15) is 55.5 Å². The summed E-state index contributed by atoms with van der Waals surface area (Å²) in [5, 5.41) is 14.1. The second kappa shape index (κ2) is 9.05. The fourth-order valence-corrected chi connectivity index (χ4v) is 5.34. The molecule has 4 nitrogen and oxygen atoms in total. The van der Waals surface area contributed by atoms with Crippen molar-refractivity contribution in [3.8, 4) is 0 Å². The smallest absolute Gasteiger partial charge is 0.337 e. The molecule has 1 fully saturated rings. The Kier molecular flexibility index (Phi) is 6.40. The van der Waals surface area contributed by atoms with E-state index in [2.05, 4.69) is 36.2 Å². The maximum absolute atomic E-state index is 11.9. The summed E-state index contributed by atoms with van der Waals surface area (Å²) in [4.78, 5) is 14.1. The number of hydrogen-bond acceptors (Lipinski definition) is 3. The van der Waals surface area contributed by atoms with E-state index in [4.69, 9.17) is 11.6 Å². The maximum atomic E-state index is 11.9. The Morgan fingerprint density at radius 1 is 1.19 bits per heavy atom. The van der Waals surface area contributed by atoms with Crippen LogP contribution in [-0.2, 0) is 0 Å². The predicted molar refractivity (Wildman–Crippen MR) is 128 cm³/mol. The average molecular weight is 439 g/mol. The lowest BCUT2D eigenvalue weighted by Crippen LogP contribution is -2.52. The van der Waals surface area contributed by atoms with E-state index < -0.39 is 5.97 Å². The van der Waals surface area contributed by atoms with Crippen molar-refractivity contribution in [2.24, 2.45) is 5.41 Å². The van der Waals surface area contributed by atoms with Crippen molar-refractivity contribution in [1.82, 2.24) is 5.32 Å². The number of aromatic carboxylic acids is 1. The highest BCUT2D eigenvalue weighted by atomic mass is 35.5. The molecule has 1 aliphatic carbocycles. The summed E-state index contributed by atoms with van der Waals surface area (Å²) in [6.45, 7) is 7.17. The van der Waals surface area contributed by atoms with Gasteiger partial charge >= 0.3 is 5.97 Å². The van der Waals surface area contributed by atoms with Crippen LogP contribution >= 0.6 is 11.6 Å². The molecule has 4 rings (SSSR count). The summed E-state index contributed by atoms with van der Waals surface area (Å²) in [7, 11) is 0. The number of carboxylic acids is 1. The summed E-state index contributed by atoms with van der Waals surface area (Å²) in [6, 6.07) is 15.7. The van der Waals surface area contributed by atoms with Gasteiger partial charge in [-0.15, -0.1) is 0 Å². The molecule has 2 N–H and O–H groups in total. The third-order valence-electron chi connectivity index (χ3n) is 6.65. The first kappa shape index (κ1) is 21.9. The Balaban J connectivity index is 1.71. The number of benzene rings is 2. The molecule has 2 aromatic rings. The summed E-state index contributed by atoms with van der Waals surface area (Å²) in [5.41, 5.74) is 5.43. The van der Waals surface area contributed by atoms with Gasteiger partial charge in [0.25, 0.3) is 0 Å². The van der Waals surface area contributed by atoms with Gasteiger partial charge in [0.2, 0.25) is 0 Å². The highest BCUT2D eigenvalue weighted by molar-refractivity contribution is 6.32. The Hall–Kier alpha value is -2.30. The number of carboxylic acid groups (broad SMARTS) is 1. The largest absolute Gasteiger partial charge is 0.478 e. The second-order valence-electron chi connectivity index (χ2n) is 9.48. The number of piperazine rings is 1. The van der Waals surface area contributed by atoms with Crippen molar-refractivity contribution in [3.63, 3.8) is 0 Å². The third kappa shape index (κ3) is 4.81. The molecule has 2 aromatic carbocycles. The minimum Gasteiger partial charge on any atom is -0.478 e. The number of nitrogens with one attached hydrogen (secondary N) is 1. The van der Waals surface area contributed by atoms with Gasteiger partial charge in [-0.05, 0) is 60.4 Å². The van der Waals surface area contributed by atoms with Crippen molar-refractivity contribution < 1.29 is 9.90 Å². The molecule has 1 saturated heterocycles.